The van der Waals surface area contributed by atoms with Crippen LogP contribution in [0.25, 0.3) is 10.9 Å². The second-order valence-electron chi connectivity index (χ2n) is 6.36. The molecule has 3 rings (SSSR count). The molecule has 24 heavy (non-hydrogen) atoms. The molecule has 1 aliphatic heterocycles. The number of nitriles is 1. The highest BCUT2D eigenvalue weighted by Gasteiger charge is 2.22. The molecule has 5 heteroatoms. The van der Waals surface area contributed by atoms with Crippen molar-refractivity contribution in [2.24, 2.45) is 0 Å². The molecule has 2 aromatic rings. The van der Waals surface area contributed by atoms with Crippen LogP contribution in [0.2, 0.25) is 0 Å². The van der Waals surface area contributed by atoms with E-state index in [2.05, 4.69) is 16.9 Å². The highest BCUT2D eigenvalue weighted by Crippen LogP contribution is 2.32. The molecule has 124 valence electrons. The Morgan fingerprint density at radius 2 is 2.08 bits per heavy atom. The van der Waals surface area contributed by atoms with Gasteiger partial charge in [-0.2, -0.15) is 5.26 Å². The fourth-order valence-corrected chi connectivity index (χ4v) is 3.32. The zero-order valence-electron chi connectivity index (χ0n) is 13.9. The second kappa shape index (κ2) is 6.58. The number of hydrogen-bond acceptors (Lipinski definition) is 3. The summed E-state index contributed by atoms with van der Waals surface area (Å²) in [4.78, 5) is 17.4. The maximum atomic E-state index is 14.5. The summed E-state index contributed by atoms with van der Waals surface area (Å²) in [7, 11) is 2.08. The van der Waals surface area contributed by atoms with Gasteiger partial charge in [0, 0.05) is 10.9 Å². The molecular formula is C19H20FN3O. The highest BCUT2D eigenvalue weighted by molar-refractivity contribution is 6.12. The van der Waals surface area contributed by atoms with Crippen LogP contribution in [-0.2, 0) is 0 Å². The van der Waals surface area contributed by atoms with Crippen LogP contribution < -0.4 is 0 Å². The van der Waals surface area contributed by atoms with Crippen molar-refractivity contribution < 1.29 is 9.18 Å². The van der Waals surface area contributed by atoms with Gasteiger partial charge in [-0.25, -0.2) is 4.39 Å². The predicted octanol–water partition coefficient (Wildman–Crippen LogP) is 3.77. The van der Waals surface area contributed by atoms with Crippen LogP contribution in [-0.4, -0.2) is 35.8 Å². The maximum absolute atomic E-state index is 14.5. The molecule has 0 radical (unpaired) electrons. The molecular weight excluding hydrogens is 305 g/mol. The first-order valence-corrected chi connectivity index (χ1v) is 8.15. The summed E-state index contributed by atoms with van der Waals surface area (Å²) in [5.74, 6) is -0.383. The van der Waals surface area contributed by atoms with E-state index in [1.807, 2.05) is 12.1 Å². The average Bonchev–Trinajstić information content (AvgIpc) is 2.98. The number of aromatic amines is 1. The van der Waals surface area contributed by atoms with Crippen molar-refractivity contribution in [3.63, 3.8) is 0 Å². The first-order valence-electron chi connectivity index (χ1n) is 8.15. The van der Waals surface area contributed by atoms with Crippen LogP contribution in [0, 0.1) is 17.1 Å². The van der Waals surface area contributed by atoms with Crippen LogP contribution in [0.4, 0.5) is 4.39 Å². The largest absolute Gasteiger partial charge is 0.352 e. The lowest BCUT2D eigenvalue weighted by atomic mass is 9.88. The number of nitrogens with one attached hydrogen (secondary N) is 1. The van der Waals surface area contributed by atoms with Gasteiger partial charge in [-0.15, -0.1) is 0 Å². The summed E-state index contributed by atoms with van der Waals surface area (Å²) in [6, 6.07) is 6.89. The van der Waals surface area contributed by atoms with Crippen LogP contribution in [0.5, 0.6) is 0 Å². The normalized spacial score (nSPS) is 17.2. The average molecular weight is 325 g/mol. The number of carbonyl (C=O) groups excluding carboxylic acids is 1. The number of likely N-dealkylation sites (tertiary alicyclic amines) is 1. The van der Waals surface area contributed by atoms with E-state index in [4.69, 9.17) is 5.26 Å². The molecule has 1 saturated heterocycles. The predicted molar refractivity (Wildman–Crippen MR) is 91.4 cm³/mol. The SMILES string of the molecule is C/C=C(\C#N)C(=O)c1cc2cc(C3CCN(C)CC3)c(F)cc2[nH]1. The summed E-state index contributed by atoms with van der Waals surface area (Å²) in [6.45, 7) is 3.58. The molecule has 0 spiro atoms. The van der Waals surface area contributed by atoms with Gasteiger partial charge in [0.1, 0.15) is 11.9 Å². The maximum Gasteiger partial charge on any atom is 0.219 e. The van der Waals surface area contributed by atoms with Crippen molar-refractivity contribution >= 4 is 16.7 Å². The van der Waals surface area contributed by atoms with Crippen LogP contribution in [0.3, 0.4) is 0 Å². The Hall–Kier alpha value is -2.45. The molecule has 1 fully saturated rings. The highest BCUT2D eigenvalue weighted by atomic mass is 19.1. The zero-order chi connectivity index (χ0) is 17.3. The van der Waals surface area contributed by atoms with Crippen molar-refractivity contribution in [3.05, 3.63) is 46.9 Å². The van der Waals surface area contributed by atoms with Crippen LogP contribution in [0.15, 0.2) is 29.8 Å². The molecule has 0 aliphatic carbocycles. The van der Waals surface area contributed by atoms with Crippen molar-refractivity contribution in [3.8, 4) is 6.07 Å². The quantitative estimate of drug-likeness (QED) is 0.531. The minimum Gasteiger partial charge on any atom is -0.352 e. The second-order valence-corrected chi connectivity index (χ2v) is 6.36. The molecule has 0 saturated carbocycles. The van der Waals surface area contributed by atoms with E-state index in [1.165, 1.54) is 12.1 Å². The van der Waals surface area contributed by atoms with Crippen molar-refractivity contribution in [1.29, 1.82) is 5.26 Å². The number of ketones is 1. The van der Waals surface area contributed by atoms with Gasteiger partial charge in [0.25, 0.3) is 0 Å². The molecule has 0 unspecified atom stereocenters. The fourth-order valence-electron chi connectivity index (χ4n) is 3.32. The lowest BCUT2D eigenvalue weighted by molar-refractivity contribution is 0.103. The van der Waals surface area contributed by atoms with Crippen LogP contribution >= 0.6 is 0 Å². The monoisotopic (exact) mass is 325 g/mol. The number of H-pyrrole nitrogens is 1. The molecule has 1 N–H and O–H groups in total. The van der Waals surface area contributed by atoms with Gasteiger partial charge < -0.3 is 9.88 Å². The minimum atomic E-state index is -0.363. The molecule has 0 bridgehead atoms. The number of hydrogen-bond donors (Lipinski definition) is 1. The number of benzene rings is 1. The first-order chi connectivity index (χ1) is 11.5. The smallest absolute Gasteiger partial charge is 0.219 e. The van der Waals surface area contributed by atoms with E-state index in [1.54, 1.807) is 13.0 Å². The summed E-state index contributed by atoms with van der Waals surface area (Å²) in [6.07, 6.45) is 3.36. The molecule has 1 aliphatic rings. The number of halogens is 1. The Morgan fingerprint density at radius 1 is 1.38 bits per heavy atom. The number of Topliss-reactive ketones (excluding diaryl/α,β-unsaturated/α-hetero) is 1. The lowest BCUT2D eigenvalue weighted by Gasteiger charge is -2.29. The van der Waals surface area contributed by atoms with Crippen molar-refractivity contribution in [2.75, 3.05) is 20.1 Å². The summed E-state index contributed by atoms with van der Waals surface area (Å²) in [5.41, 5.74) is 1.71. The number of nitrogens with zero attached hydrogens (tertiary/aromatic N) is 2. The molecule has 4 nitrogen and oxygen atoms in total. The molecule has 0 atom stereocenters. The molecule has 0 amide bonds. The van der Waals surface area contributed by atoms with E-state index in [9.17, 15) is 9.18 Å². The van der Waals surface area contributed by atoms with Gasteiger partial charge in [0.2, 0.25) is 5.78 Å². The summed E-state index contributed by atoms with van der Waals surface area (Å²) >= 11 is 0. The molecule has 1 aromatic carbocycles. The number of carbonyl (C=O) groups is 1. The third-order valence-corrected chi connectivity index (χ3v) is 4.79. The fraction of sp³-hybridized carbons (Fsp3) is 0.368. The van der Waals surface area contributed by atoms with E-state index < -0.39 is 0 Å². The van der Waals surface area contributed by atoms with Crippen LogP contribution in [0.1, 0.15) is 41.7 Å². The van der Waals surface area contributed by atoms with Crippen molar-refractivity contribution in [1.82, 2.24) is 9.88 Å². The summed E-state index contributed by atoms with van der Waals surface area (Å²) < 4.78 is 14.5. The van der Waals surface area contributed by atoms with E-state index in [0.717, 1.165) is 36.9 Å². The Kier molecular flexibility index (Phi) is 4.50. The lowest BCUT2D eigenvalue weighted by Crippen LogP contribution is -2.29. The van der Waals surface area contributed by atoms with Gasteiger partial charge in [0.15, 0.2) is 0 Å². The van der Waals surface area contributed by atoms with Gasteiger partial charge >= 0.3 is 0 Å². The summed E-state index contributed by atoms with van der Waals surface area (Å²) in [5, 5.41) is 9.80. The Morgan fingerprint density at radius 3 is 2.71 bits per heavy atom. The zero-order valence-corrected chi connectivity index (χ0v) is 13.9. The Bertz CT molecular complexity index is 851. The number of allylic oxidation sites excluding steroid dienone is 2. The number of aromatic nitrogens is 1. The third kappa shape index (κ3) is 2.98. The standard InChI is InChI=1S/C19H20FN3O/c1-3-12(11-21)19(24)18-9-14-8-15(16(20)10-17(14)22-18)13-4-6-23(2)7-5-13/h3,8-10,13,22H,4-7H2,1-2H3/b12-3+. The Labute approximate surface area is 140 Å². The number of fused-ring (bicyclic) bond motifs is 1. The molecule has 2 heterocycles. The van der Waals surface area contributed by atoms with Gasteiger partial charge in [-0.05, 0) is 69.6 Å². The van der Waals surface area contributed by atoms with E-state index in [-0.39, 0.29) is 23.1 Å². The molecule has 1 aromatic heterocycles. The van der Waals surface area contributed by atoms with Gasteiger partial charge in [0.05, 0.1) is 11.3 Å². The Balaban J connectivity index is 1.97. The first kappa shape index (κ1) is 16.4. The number of piperidine rings is 1. The topological polar surface area (TPSA) is 59.9 Å². The van der Waals surface area contributed by atoms with Crippen molar-refractivity contribution in [2.45, 2.75) is 25.7 Å². The minimum absolute atomic E-state index is 0.0811. The van der Waals surface area contributed by atoms with Gasteiger partial charge in [-0.3, -0.25) is 4.79 Å². The number of rotatable bonds is 3. The third-order valence-electron chi connectivity index (χ3n) is 4.79. The van der Waals surface area contributed by atoms with E-state index >= 15 is 0 Å². The van der Waals surface area contributed by atoms with Gasteiger partial charge in [-0.1, -0.05) is 6.08 Å². The van der Waals surface area contributed by atoms with E-state index in [0.29, 0.717) is 11.2 Å².